The quantitative estimate of drug-likeness (QED) is 0.698. The fraction of sp³-hybridized carbons (Fsp3) is 0.526. The third kappa shape index (κ3) is 2.50. The number of anilines is 2. The number of aromatic amines is 1. The van der Waals surface area contributed by atoms with Crippen molar-refractivity contribution in [1.82, 2.24) is 30.1 Å². The molecule has 0 aliphatic carbocycles. The lowest BCUT2D eigenvalue weighted by molar-refractivity contribution is -0.133. The van der Waals surface area contributed by atoms with E-state index in [-0.39, 0.29) is 0 Å². The molecule has 3 unspecified atom stereocenters. The van der Waals surface area contributed by atoms with E-state index in [9.17, 15) is 0 Å². The molecule has 3 aromatic heterocycles. The number of piperazine rings is 1. The number of fused-ring (bicyclic) bond motifs is 3. The minimum absolute atomic E-state index is 0.339. The zero-order valence-corrected chi connectivity index (χ0v) is 15.9. The Morgan fingerprint density at radius 3 is 2.86 bits per heavy atom. The van der Waals surface area contributed by atoms with Crippen LogP contribution in [-0.2, 0) is 4.74 Å². The first-order chi connectivity index (χ1) is 13.8. The molecular formula is C19H24N8O. The highest BCUT2D eigenvalue weighted by Gasteiger charge is 2.39. The topological polar surface area (TPSA) is 86.6 Å². The summed E-state index contributed by atoms with van der Waals surface area (Å²) < 4.78 is 7.78. The third-order valence-electron chi connectivity index (χ3n) is 6.09. The summed E-state index contributed by atoms with van der Waals surface area (Å²) in [7, 11) is 0. The maximum Gasteiger partial charge on any atom is 0.182 e. The molecule has 28 heavy (non-hydrogen) atoms. The lowest BCUT2D eigenvalue weighted by Crippen LogP contribution is -2.57. The van der Waals surface area contributed by atoms with Crippen molar-refractivity contribution in [2.24, 2.45) is 0 Å². The first-order valence-electron chi connectivity index (χ1n) is 10.0. The molecule has 4 saturated heterocycles. The van der Waals surface area contributed by atoms with Gasteiger partial charge in [0.05, 0.1) is 24.1 Å². The molecule has 3 aromatic rings. The Balaban J connectivity index is 1.50. The minimum Gasteiger partial charge on any atom is -0.371 e. The summed E-state index contributed by atoms with van der Waals surface area (Å²) in [6.45, 7) is 6.99. The zero-order chi connectivity index (χ0) is 18.7. The van der Waals surface area contributed by atoms with Crippen LogP contribution in [0.5, 0.6) is 0 Å². The van der Waals surface area contributed by atoms with Crippen LogP contribution in [0.3, 0.4) is 0 Å². The van der Waals surface area contributed by atoms with Crippen LogP contribution in [0, 0.1) is 0 Å². The summed E-state index contributed by atoms with van der Waals surface area (Å²) >= 11 is 0. The Hall–Kier alpha value is -2.65. The summed E-state index contributed by atoms with van der Waals surface area (Å²) in [6, 6.07) is 4.58. The van der Waals surface area contributed by atoms with Crippen LogP contribution in [0.4, 0.5) is 11.5 Å². The highest BCUT2D eigenvalue weighted by Crippen LogP contribution is 2.34. The van der Waals surface area contributed by atoms with E-state index < -0.39 is 0 Å². The molecule has 4 fully saturated rings. The number of aromatic nitrogens is 5. The molecule has 7 heterocycles. The van der Waals surface area contributed by atoms with Crippen LogP contribution in [0.15, 0.2) is 24.5 Å². The van der Waals surface area contributed by atoms with Gasteiger partial charge in [0.25, 0.3) is 0 Å². The fourth-order valence-corrected chi connectivity index (χ4v) is 4.63. The largest absolute Gasteiger partial charge is 0.371 e. The number of hydrogen-bond acceptors (Lipinski definition) is 7. The Labute approximate surface area is 162 Å². The molecule has 9 heteroatoms. The summed E-state index contributed by atoms with van der Waals surface area (Å²) in [4.78, 5) is 9.48. The van der Waals surface area contributed by atoms with E-state index >= 15 is 0 Å². The number of hydrogen-bond donors (Lipinski definition) is 2. The van der Waals surface area contributed by atoms with Gasteiger partial charge < -0.3 is 19.9 Å². The van der Waals surface area contributed by atoms with Gasteiger partial charge in [-0.1, -0.05) is 0 Å². The predicted molar refractivity (Wildman–Crippen MR) is 106 cm³/mol. The van der Waals surface area contributed by atoms with Gasteiger partial charge in [-0.25, -0.2) is 9.50 Å². The standard InChI is InChI=1S/C19H24N8O/c1-12-8-20-4-5-26(12)16-7-18(25-10-13-6-14(11-25)28-13)24-27-17(16)9-21-19(27)15-2-3-22-23-15/h2-3,7,9,12-14,20H,4-6,8,10-11H2,1H3,(H,22,23). The van der Waals surface area contributed by atoms with Gasteiger partial charge in [0.15, 0.2) is 11.6 Å². The van der Waals surface area contributed by atoms with Crippen molar-refractivity contribution in [3.63, 3.8) is 0 Å². The highest BCUT2D eigenvalue weighted by molar-refractivity contribution is 5.78. The number of piperidine rings is 1. The maximum atomic E-state index is 5.82. The van der Waals surface area contributed by atoms with Crippen LogP contribution in [0.25, 0.3) is 17.0 Å². The monoisotopic (exact) mass is 380 g/mol. The molecular weight excluding hydrogens is 356 g/mol. The number of nitrogens with one attached hydrogen (secondary N) is 2. The number of ether oxygens (including phenoxy) is 1. The molecule has 146 valence electrons. The number of morpholine rings is 1. The van der Waals surface area contributed by atoms with E-state index in [4.69, 9.17) is 9.84 Å². The fourth-order valence-electron chi connectivity index (χ4n) is 4.63. The van der Waals surface area contributed by atoms with Crippen LogP contribution in [-0.4, -0.2) is 75.8 Å². The molecule has 0 spiro atoms. The molecule has 0 amide bonds. The Morgan fingerprint density at radius 1 is 1.25 bits per heavy atom. The van der Waals surface area contributed by atoms with Crippen LogP contribution < -0.4 is 15.1 Å². The molecule has 0 aromatic carbocycles. The smallest absolute Gasteiger partial charge is 0.182 e. The van der Waals surface area contributed by atoms with Gasteiger partial charge in [-0.15, -0.1) is 5.10 Å². The lowest BCUT2D eigenvalue weighted by Gasteiger charge is -2.47. The van der Waals surface area contributed by atoms with Crippen molar-refractivity contribution < 1.29 is 4.74 Å². The van der Waals surface area contributed by atoms with Crippen molar-refractivity contribution in [1.29, 1.82) is 0 Å². The van der Waals surface area contributed by atoms with Gasteiger partial charge in [0.1, 0.15) is 11.2 Å². The average molecular weight is 380 g/mol. The third-order valence-corrected chi connectivity index (χ3v) is 6.09. The minimum atomic E-state index is 0.339. The van der Waals surface area contributed by atoms with Gasteiger partial charge in [0, 0.05) is 57.4 Å². The van der Waals surface area contributed by atoms with Crippen LogP contribution in [0.1, 0.15) is 13.3 Å². The molecule has 7 rings (SSSR count). The van der Waals surface area contributed by atoms with Crippen molar-refractivity contribution in [2.45, 2.75) is 31.6 Å². The average Bonchev–Trinajstić information content (AvgIpc) is 3.37. The summed E-state index contributed by atoms with van der Waals surface area (Å²) in [6.07, 6.45) is 5.58. The lowest BCUT2D eigenvalue weighted by atomic mass is 9.99. The van der Waals surface area contributed by atoms with Crippen molar-refractivity contribution >= 4 is 17.0 Å². The second-order valence-corrected chi connectivity index (χ2v) is 7.99. The molecule has 4 aliphatic rings. The van der Waals surface area contributed by atoms with E-state index in [0.717, 1.165) is 55.6 Å². The second kappa shape index (κ2) is 6.18. The number of rotatable bonds is 3. The van der Waals surface area contributed by atoms with Gasteiger partial charge >= 0.3 is 0 Å². The summed E-state index contributed by atoms with van der Waals surface area (Å²) in [5, 5.41) is 15.7. The Bertz CT molecular complexity index is 983. The highest BCUT2D eigenvalue weighted by atomic mass is 16.5. The number of imidazole rings is 1. The van der Waals surface area contributed by atoms with Gasteiger partial charge in [-0.3, -0.25) is 5.10 Å². The van der Waals surface area contributed by atoms with Crippen molar-refractivity contribution in [3.05, 3.63) is 24.5 Å². The second-order valence-electron chi connectivity index (χ2n) is 7.99. The Kier molecular flexibility index (Phi) is 3.60. The van der Waals surface area contributed by atoms with Crippen LogP contribution >= 0.6 is 0 Å². The van der Waals surface area contributed by atoms with Gasteiger partial charge in [0.2, 0.25) is 0 Å². The van der Waals surface area contributed by atoms with E-state index in [1.54, 1.807) is 0 Å². The van der Waals surface area contributed by atoms with E-state index in [2.05, 4.69) is 43.3 Å². The van der Waals surface area contributed by atoms with E-state index in [1.807, 2.05) is 23.0 Å². The molecule has 0 radical (unpaired) electrons. The number of H-pyrrole nitrogens is 1. The normalized spacial score (nSPS) is 27.2. The van der Waals surface area contributed by atoms with Crippen molar-refractivity contribution in [3.8, 4) is 11.5 Å². The molecule has 2 bridgehead atoms. The number of nitrogens with zero attached hydrogens (tertiary/aromatic N) is 6. The van der Waals surface area contributed by atoms with Gasteiger partial charge in [-0.2, -0.15) is 5.10 Å². The predicted octanol–water partition coefficient (Wildman–Crippen LogP) is 0.895. The molecule has 2 N–H and O–H groups in total. The summed E-state index contributed by atoms with van der Waals surface area (Å²) in [5.74, 6) is 1.75. The Morgan fingerprint density at radius 2 is 2.11 bits per heavy atom. The van der Waals surface area contributed by atoms with E-state index in [1.165, 1.54) is 12.1 Å². The summed E-state index contributed by atoms with van der Waals surface area (Å²) in [5.41, 5.74) is 3.01. The molecule has 3 atom stereocenters. The van der Waals surface area contributed by atoms with E-state index in [0.29, 0.717) is 18.2 Å². The van der Waals surface area contributed by atoms with Crippen LogP contribution in [0.2, 0.25) is 0 Å². The maximum absolute atomic E-state index is 5.82. The van der Waals surface area contributed by atoms with Crippen molar-refractivity contribution in [2.75, 3.05) is 42.5 Å². The first-order valence-corrected chi connectivity index (χ1v) is 10.0. The van der Waals surface area contributed by atoms with Gasteiger partial charge in [-0.05, 0) is 13.0 Å². The first kappa shape index (κ1) is 16.3. The molecule has 9 nitrogen and oxygen atoms in total. The molecule has 0 saturated carbocycles. The molecule has 4 aliphatic heterocycles. The SMILES string of the molecule is CC1CNCCN1c1cc(N2CC3CC(C2)O3)nn2c(-c3cc[nH]n3)ncc12. The zero-order valence-electron chi connectivity index (χ0n) is 15.9.